The van der Waals surface area contributed by atoms with Gasteiger partial charge in [-0.25, -0.2) is 39.9 Å². The van der Waals surface area contributed by atoms with Gasteiger partial charge >= 0.3 is 0 Å². The number of hydrogen-bond acceptors (Lipinski definition) is 23. The Morgan fingerprint density at radius 2 is 1.10 bits per heavy atom. The van der Waals surface area contributed by atoms with Gasteiger partial charge in [0.15, 0.2) is 0 Å². The highest BCUT2D eigenvalue weighted by atomic mass is 32.1. The third-order valence-corrected chi connectivity index (χ3v) is 18.2. The molecule has 12 rings (SSSR count). The van der Waals surface area contributed by atoms with Crippen molar-refractivity contribution in [3.05, 3.63) is 106 Å². The summed E-state index contributed by atoms with van der Waals surface area (Å²) in [6.07, 6.45) is 7.54. The summed E-state index contributed by atoms with van der Waals surface area (Å²) < 4.78 is 54.7. The SMILES string of the molecule is COCCOCCOCCOCCNCc1c2c(nc3sc4c(NCCc5ccc6[nH]c(C(COCCOC)OCCNCc7c8c(nc9sc%10c(NCCc%11ccc%12[nH]cnc%12c%11)ncnc%10c79)CC(C)(C)OC8)nc6c5)ncnc4c13)CC(C)(C)OC2. The van der Waals surface area contributed by atoms with E-state index in [2.05, 4.69) is 100 Å². The Morgan fingerprint density at radius 1 is 0.573 bits per heavy atom. The average Bonchev–Trinajstić information content (AvgIpc) is 1.74. The fourth-order valence-corrected chi connectivity index (χ4v) is 13.8. The molecule has 25 heteroatoms. The molecule has 0 saturated carbocycles. The number of pyridine rings is 2. The molecular weight excluding hydrogens is 1170 g/mol. The molecule has 0 bridgehead atoms. The number of imidazole rings is 2. The van der Waals surface area contributed by atoms with Crippen molar-refractivity contribution in [2.24, 2.45) is 0 Å². The second-order valence-corrected chi connectivity index (χ2v) is 25.5. The van der Waals surface area contributed by atoms with Crippen LogP contribution < -0.4 is 21.3 Å². The van der Waals surface area contributed by atoms with Gasteiger partial charge < -0.3 is 73.9 Å². The maximum atomic E-state index is 6.62. The largest absolute Gasteiger partial charge is 0.382 e. The quantitative estimate of drug-likeness (QED) is 0.0206. The number of anilines is 2. The minimum atomic E-state index is -0.455. The molecule has 472 valence electrons. The van der Waals surface area contributed by atoms with Crippen LogP contribution in [-0.4, -0.2) is 174 Å². The van der Waals surface area contributed by atoms with Crippen molar-refractivity contribution in [1.29, 1.82) is 0 Å². The smallest absolute Gasteiger partial charge is 0.147 e. The highest BCUT2D eigenvalue weighted by molar-refractivity contribution is 7.26. The molecule has 23 nitrogen and oxygen atoms in total. The number of ether oxygens (including phenoxy) is 9. The lowest BCUT2D eigenvalue weighted by atomic mass is 9.92. The van der Waals surface area contributed by atoms with E-state index in [-0.39, 0.29) is 11.2 Å². The molecule has 6 N–H and O–H groups in total. The summed E-state index contributed by atoms with van der Waals surface area (Å²) in [5.41, 5.74) is 13.9. The van der Waals surface area contributed by atoms with Crippen LogP contribution in [0.3, 0.4) is 0 Å². The molecule has 0 fully saturated rings. The fraction of sp³-hybridized carbons (Fsp3) is 0.500. The first-order valence-corrected chi connectivity index (χ1v) is 32.3. The van der Waals surface area contributed by atoms with Gasteiger partial charge in [-0.05, 0) is 87.1 Å². The van der Waals surface area contributed by atoms with Crippen LogP contribution in [0, 0.1) is 0 Å². The first kappa shape index (κ1) is 62.6. The minimum Gasteiger partial charge on any atom is -0.382 e. The molecular formula is C64H80N14O9S2. The van der Waals surface area contributed by atoms with Crippen LogP contribution in [0.15, 0.2) is 55.4 Å². The van der Waals surface area contributed by atoms with Crippen molar-refractivity contribution < 1.29 is 42.6 Å². The second kappa shape index (κ2) is 29.2. The van der Waals surface area contributed by atoms with Crippen LogP contribution in [0.25, 0.3) is 62.9 Å². The zero-order valence-electron chi connectivity index (χ0n) is 51.6. The van der Waals surface area contributed by atoms with Crippen molar-refractivity contribution in [2.45, 2.75) is 97.0 Å². The highest BCUT2D eigenvalue weighted by Gasteiger charge is 2.33. The van der Waals surface area contributed by atoms with Crippen molar-refractivity contribution >= 4 is 97.2 Å². The number of hydrogen-bond donors (Lipinski definition) is 6. The number of rotatable bonds is 34. The number of nitrogens with one attached hydrogen (secondary N) is 6. The third kappa shape index (κ3) is 15.1. The normalized spacial score (nSPS) is 15.1. The Morgan fingerprint density at radius 3 is 1.69 bits per heavy atom. The number of aromatic nitrogens is 10. The number of aromatic amines is 2. The summed E-state index contributed by atoms with van der Waals surface area (Å²) in [6, 6.07) is 12.7. The number of thiophene rings is 2. The highest BCUT2D eigenvalue weighted by Crippen LogP contribution is 2.43. The van der Waals surface area contributed by atoms with Crippen LogP contribution in [-0.2, 0) is 94.6 Å². The van der Waals surface area contributed by atoms with Gasteiger partial charge in [0.2, 0.25) is 0 Å². The van der Waals surface area contributed by atoms with Gasteiger partial charge in [0.25, 0.3) is 0 Å². The fourth-order valence-electron chi connectivity index (χ4n) is 11.5. The lowest BCUT2D eigenvalue weighted by molar-refractivity contribution is -0.0418. The van der Waals surface area contributed by atoms with Crippen molar-refractivity contribution in [1.82, 2.24) is 60.5 Å². The predicted molar refractivity (Wildman–Crippen MR) is 346 cm³/mol. The van der Waals surface area contributed by atoms with E-state index < -0.39 is 6.10 Å². The van der Waals surface area contributed by atoms with Gasteiger partial charge in [-0.3, -0.25) is 0 Å². The molecule has 10 heterocycles. The predicted octanol–water partition coefficient (Wildman–Crippen LogP) is 8.85. The average molecular weight is 1250 g/mol. The number of methoxy groups -OCH3 is 2. The zero-order valence-corrected chi connectivity index (χ0v) is 53.2. The molecule has 0 aliphatic carbocycles. The van der Waals surface area contributed by atoms with Gasteiger partial charge in [-0.1, -0.05) is 12.1 Å². The number of nitrogens with zero attached hydrogens (tertiary/aromatic N) is 8. The molecule has 2 aromatic carbocycles. The van der Waals surface area contributed by atoms with Gasteiger partial charge in [0, 0.05) is 88.2 Å². The number of benzene rings is 2. The number of H-pyrrole nitrogens is 2. The molecule has 1 unspecified atom stereocenters. The summed E-state index contributed by atoms with van der Waals surface area (Å²) in [5.74, 6) is 2.28. The van der Waals surface area contributed by atoms with E-state index in [9.17, 15) is 0 Å². The van der Waals surface area contributed by atoms with E-state index in [1.165, 1.54) is 5.56 Å². The topological polar surface area (TPSA) is 266 Å². The molecule has 1 atom stereocenters. The molecule has 0 amide bonds. The summed E-state index contributed by atoms with van der Waals surface area (Å²) >= 11 is 3.27. The van der Waals surface area contributed by atoms with Crippen LogP contribution in [0.4, 0.5) is 11.6 Å². The van der Waals surface area contributed by atoms with E-state index in [0.29, 0.717) is 137 Å². The molecule has 2 aliphatic rings. The van der Waals surface area contributed by atoms with E-state index >= 15 is 0 Å². The summed E-state index contributed by atoms with van der Waals surface area (Å²) in [4.78, 5) is 47.9. The summed E-state index contributed by atoms with van der Waals surface area (Å²) in [6.45, 7) is 18.6. The van der Waals surface area contributed by atoms with E-state index in [0.717, 1.165) is 133 Å². The van der Waals surface area contributed by atoms with Crippen LogP contribution in [0.5, 0.6) is 0 Å². The Balaban J connectivity index is 0.684. The summed E-state index contributed by atoms with van der Waals surface area (Å²) in [7, 11) is 3.33. The second-order valence-electron chi connectivity index (χ2n) is 23.5. The van der Waals surface area contributed by atoms with E-state index in [1.54, 1.807) is 55.9 Å². The van der Waals surface area contributed by atoms with Crippen LogP contribution >= 0.6 is 22.7 Å². The molecule has 89 heavy (non-hydrogen) atoms. The standard InChI is InChI=1S/C64H80N14O9S2/c1-63(2)29-49-43(33-86-63)41(31-65-15-17-81-23-24-83-26-25-82-21-19-79-5)52-54-56(88-61(52)77-49)60(74-37-71-54)68-14-12-40-8-10-46-48(28-40)76-58(75-46)51(35-84-22-20-80-6)85-18-16-66-32-42-44-34-87-64(3,4)30-50(44)78-62-53(42)55-57(89-62)59(73-38-72-55)67-13-11-39-7-9-45-47(27-39)70-36-69-45/h7-10,27-28,36-38,51,65-66H,11-26,29-35H2,1-6H3,(H,69,70)(H,75,76)(H,67,72,73)(H,68,71,74). The Kier molecular flexibility index (Phi) is 20.5. The molecule has 0 radical (unpaired) electrons. The van der Waals surface area contributed by atoms with Crippen LogP contribution in [0.1, 0.15) is 84.4 Å². The Bertz CT molecular complexity index is 4020. The maximum Gasteiger partial charge on any atom is 0.147 e. The zero-order chi connectivity index (χ0) is 61.2. The lowest BCUT2D eigenvalue weighted by Crippen LogP contribution is -2.33. The molecule has 8 aromatic heterocycles. The van der Waals surface area contributed by atoms with Gasteiger partial charge in [0.05, 0.1) is 157 Å². The number of fused-ring (bicyclic) bond motifs is 10. The van der Waals surface area contributed by atoms with Crippen molar-refractivity contribution in [3.8, 4) is 0 Å². The first-order chi connectivity index (χ1) is 43.5. The Hall–Kier alpha value is -6.56. The third-order valence-electron chi connectivity index (χ3n) is 16.1. The van der Waals surface area contributed by atoms with Crippen molar-refractivity contribution in [2.75, 3.05) is 124 Å². The minimum absolute atomic E-state index is 0.300. The van der Waals surface area contributed by atoms with E-state index in [4.69, 9.17) is 77.5 Å². The molecule has 2 aliphatic heterocycles. The maximum absolute atomic E-state index is 6.62. The van der Waals surface area contributed by atoms with Gasteiger partial charge in [-0.2, -0.15) is 0 Å². The Labute approximate surface area is 524 Å². The van der Waals surface area contributed by atoms with Gasteiger partial charge in [0.1, 0.15) is 45.9 Å². The van der Waals surface area contributed by atoms with E-state index in [1.807, 2.05) is 0 Å². The monoisotopic (exact) mass is 1250 g/mol. The molecule has 10 aromatic rings. The summed E-state index contributed by atoms with van der Waals surface area (Å²) in [5, 5.41) is 16.6. The first-order valence-electron chi connectivity index (χ1n) is 30.6. The van der Waals surface area contributed by atoms with Gasteiger partial charge in [-0.15, -0.1) is 22.7 Å². The van der Waals surface area contributed by atoms with Crippen LogP contribution in [0.2, 0.25) is 0 Å². The lowest BCUT2D eigenvalue weighted by Gasteiger charge is -2.32. The molecule has 0 spiro atoms. The van der Waals surface area contributed by atoms with Crippen molar-refractivity contribution in [3.63, 3.8) is 0 Å². The molecule has 0 saturated heterocycles.